The Morgan fingerprint density at radius 3 is 2.50 bits per heavy atom. The second kappa shape index (κ2) is 7.73. The van der Waals surface area contributed by atoms with E-state index in [1.165, 1.54) is 0 Å². The molecule has 0 aliphatic rings. The minimum Gasteiger partial charge on any atom is -0.385 e. The minimum atomic E-state index is -3.46. The number of methoxy groups -OCH3 is 1. The lowest BCUT2D eigenvalue weighted by Crippen LogP contribution is -2.26. The first-order valence-electron chi connectivity index (χ1n) is 6.65. The van der Waals surface area contributed by atoms with E-state index in [1.807, 2.05) is 27.0 Å². The Balaban J connectivity index is 2.96. The van der Waals surface area contributed by atoms with E-state index in [2.05, 4.69) is 10.0 Å². The Kier molecular flexibility index (Phi) is 6.61. The third kappa shape index (κ3) is 4.56. The van der Waals surface area contributed by atoms with Gasteiger partial charge >= 0.3 is 0 Å². The number of sulfonamides is 1. The molecule has 0 aliphatic carbocycles. The van der Waals surface area contributed by atoms with E-state index in [0.717, 1.165) is 16.7 Å². The Bertz CT molecular complexity index is 542. The van der Waals surface area contributed by atoms with Crippen molar-refractivity contribution in [2.75, 3.05) is 27.3 Å². The predicted molar refractivity (Wildman–Crippen MR) is 80.4 cm³/mol. The van der Waals surface area contributed by atoms with E-state index < -0.39 is 10.0 Å². The van der Waals surface area contributed by atoms with Gasteiger partial charge in [0.05, 0.1) is 4.90 Å². The van der Waals surface area contributed by atoms with Crippen molar-refractivity contribution in [1.29, 1.82) is 0 Å². The number of benzene rings is 1. The summed E-state index contributed by atoms with van der Waals surface area (Å²) in [4.78, 5) is 0.353. The van der Waals surface area contributed by atoms with Gasteiger partial charge < -0.3 is 10.1 Å². The average molecular weight is 300 g/mol. The van der Waals surface area contributed by atoms with Gasteiger partial charge in [0, 0.05) is 26.8 Å². The molecule has 2 N–H and O–H groups in total. The second-order valence-electron chi connectivity index (χ2n) is 4.82. The van der Waals surface area contributed by atoms with Crippen molar-refractivity contribution in [1.82, 2.24) is 10.0 Å². The summed E-state index contributed by atoms with van der Waals surface area (Å²) >= 11 is 0. The predicted octanol–water partition coefficient (Wildman–Crippen LogP) is 1.34. The van der Waals surface area contributed by atoms with E-state index in [-0.39, 0.29) is 0 Å². The molecule has 0 amide bonds. The van der Waals surface area contributed by atoms with Crippen LogP contribution in [0.15, 0.2) is 17.0 Å². The second-order valence-corrected chi connectivity index (χ2v) is 6.55. The van der Waals surface area contributed by atoms with Crippen molar-refractivity contribution in [3.05, 3.63) is 28.8 Å². The summed E-state index contributed by atoms with van der Waals surface area (Å²) in [5, 5.41) is 3.05. The summed E-state index contributed by atoms with van der Waals surface area (Å²) in [5.74, 6) is 0. The van der Waals surface area contributed by atoms with Crippen LogP contribution >= 0.6 is 0 Å². The molecule has 1 rings (SSSR count). The Hall–Kier alpha value is -0.950. The molecule has 0 spiro atoms. The molecule has 0 atom stereocenters. The molecule has 5 nitrogen and oxygen atoms in total. The van der Waals surface area contributed by atoms with Gasteiger partial charge in [-0.3, -0.25) is 0 Å². The molecule has 0 aliphatic heterocycles. The summed E-state index contributed by atoms with van der Waals surface area (Å²) in [6, 6.07) is 3.66. The van der Waals surface area contributed by atoms with Crippen molar-refractivity contribution < 1.29 is 13.2 Å². The van der Waals surface area contributed by atoms with Crippen LogP contribution in [0.2, 0.25) is 0 Å². The standard InChI is InChI=1S/C14H24N2O3S/c1-11-8-12(2)14(9-13(11)10-15-3)20(17,18)16-6-5-7-19-4/h8-9,15-16H,5-7,10H2,1-4H3. The van der Waals surface area contributed by atoms with E-state index in [0.29, 0.717) is 31.0 Å². The molecule has 0 bridgehead atoms. The maximum Gasteiger partial charge on any atom is 0.240 e. The molecule has 20 heavy (non-hydrogen) atoms. The number of ether oxygens (including phenoxy) is 1. The van der Waals surface area contributed by atoms with Crippen LogP contribution in [0.25, 0.3) is 0 Å². The summed E-state index contributed by atoms with van der Waals surface area (Å²) in [7, 11) is -0.0188. The largest absolute Gasteiger partial charge is 0.385 e. The van der Waals surface area contributed by atoms with Gasteiger partial charge in [-0.2, -0.15) is 0 Å². The summed E-state index contributed by atoms with van der Waals surface area (Å²) < 4.78 is 32.1. The van der Waals surface area contributed by atoms with Crippen LogP contribution < -0.4 is 10.0 Å². The van der Waals surface area contributed by atoms with Gasteiger partial charge in [0.1, 0.15) is 0 Å². The zero-order valence-electron chi connectivity index (χ0n) is 12.6. The van der Waals surface area contributed by atoms with E-state index in [1.54, 1.807) is 13.2 Å². The van der Waals surface area contributed by atoms with Gasteiger partial charge in [-0.15, -0.1) is 0 Å². The molecule has 114 valence electrons. The van der Waals surface area contributed by atoms with Crippen molar-refractivity contribution in [3.8, 4) is 0 Å². The zero-order chi connectivity index (χ0) is 15.2. The molecular formula is C14H24N2O3S. The lowest BCUT2D eigenvalue weighted by Gasteiger charge is -2.13. The fourth-order valence-electron chi connectivity index (χ4n) is 2.05. The minimum absolute atomic E-state index is 0.353. The fourth-order valence-corrected chi connectivity index (χ4v) is 3.39. The Labute approximate surface area is 121 Å². The Morgan fingerprint density at radius 1 is 1.20 bits per heavy atom. The number of hydrogen-bond acceptors (Lipinski definition) is 4. The molecule has 1 aromatic rings. The first-order valence-corrected chi connectivity index (χ1v) is 8.14. The molecule has 1 aromatic carbocycles. The third-order valence-corrected chi connectivity index (χ3v) is 4.71. The molecule has 0 fully saturated rings. The number of rotatable bonds is 8. The SMILES string of the molecule is CNCc1cc(S(=O)(=O)NCCCOC)c(C)cc1C. The summed E-state index contributed by atoms with van der Waals surface area (Å²) in [5.41, 5.74) is 2.85. The number of aryl methyl sites for hydroxylation is 2. The van der Waals surface area contributed by atoms with Gasteiger partial charge in [-0.1, -0.05) is 6.07 Å². The highest BCUT2D eigenvalue weighted by atomic mass is 32.2. The van der Waals surface area contributed by atoms with Crippen LogP contribution in [-0.4, -0.2) is 35.7 Å². The molecule has 0 aromatic heterocycles. The molecule has 6 heteroatoms. The number of nitrogens with one attached hydrogen (secondary N) is 2. The van der Waals surface area contributed by atoms with Gasteiger partial charge in [-0.25, -0.2) is 13.1 Å². The van der Waals surface area contributed by atoms with E-state index in [9.17, 15) is 8.42 Å². The lowest BCUT2D eigenvalue weighted by molar-refractivity contribution is 0.196. The first kappa shape index (κ1) is 17.1. The van der Waals surface area contributed by atoms with Crippen molar-refractivity contribution in [3.63, 3.8) is 0 Å². The maximum absolute atomic E-state index is 12.3. The molecule has 0 saturated carbocycles. The fraction of sp³-hybridized carbons (Fsp3) is 0.571. The topological polar surface area (TPSA) is 67.4 Å². The normalized spacial score (nSPS) is 11.8. The molecule has 0 radical (unpaired) electrons. The zero-order valence-corrected chi connectivity index (χ0v) is 13.4. The first-order chi connectivity index (χ1) is 9.42. The highest BCUT2D eigenvalue weighted by Crippen LogP contribution is 2.20. The van der Waals surface area contributed by atoms with Gasteiger partial charge in [-0.05, 0) is 50.1 Å². The van der Waals surface area contributed by atoms with Crippen molar-refractivity contribution in [2.45, 2.75) is 31.7 Å². The molecular weight excluding hydrogens is 276 g/mol. The van der Waals surface area contributed by atoms with Crippen LogP contribution in [0.3, 0.4) is 0 Å². The smallest absolute Gasteiger partial charge is 0.240 e. The number of hydrogen-bond donors (Lipinski definition) is 2. The van der Waals surface area contributed by atoms with Crippen LogP contribution in [-0.2, 0) is 21.3 Å². The van der Waals surface area contributed by atoms with Crippen LogP contribution in [0, 0.1) is 13.8 Å². The van der Waals surface area contributed by atoms with Crippen LogP contribution in [0.4, 0.5) is 0 Å². The average Bonchev–Trinajstić information content (AvgIpc) is 2.38. The van der Waals surface area contributed by atoms with Crippen molar-refractivity contribution >= 4 is 10.0 Å². The van der Waals surface area contributed by atoms with Gasteiger partial charge in [0.15, 0.2) is 0 Å². The van der Waals surface area contributed by atoms with Crippen LogP contribution in [0.5, 0.6) is 0 Å². The summed E-state index contributed by atoms with van der Waals surface area (Å²) in [6.45, 7) is 5.38. The monoisotopic (exact) mass is 300 g/mol. The third-order valence-electron chi connectivity index (χ3n) is 3.11. The molecule has 0 heterocycles. The quantitative estimate of drug-likeness (QED) is 0.711. The molecule has 0 unspecified atom stereocenters. The summed E-state index contributed by atoms with van der Waals surface area (Å²) in [6.07, 6.45) is 0.657. The highest BCUT2D eigenvalue weighted by Gasteiger charge is 2.17. The van der Waals surface area contributed by atoms with Gasteiger partial charge in [0.2, 0.25) is 10.0 Å². The highest BCUT2D eigenvalue weighted by molar-refractivity contribution is 7.89. The van der Waals surface area contributed by atoms with Crippen molar-refractivity contribution in [2.24, 2.45) is 0 Å². The van der Waals surface area contributed by atoms with E-state index in [4.69, 9.17) is 4.74 Å². The maximum atomic E-state index is 12.3. The van der Waals surface area contributed by atoms with E-state index >= 15 is 0 Å². The molecule has 0 saturated heterocycles. The van der Waals surface area contributed by atoms with Crippen LogP contribution in [0.1, 0.15) is 23.1 Å². The Morgan fingerprint density at radius 2 is 1.90 bits per heavy atom. The van der Waals surface area contributed by atoms with Gasteiger partial charge in [0.25, 0.3) is 0 Å². The lowest BCUT2D eigenvalue weighted by atomic mass is 10.1.